The van der Waals surface area contributed by atoms with E-state index in [9.17, 15) is 4.39 Å². The molecule has 0 unspecified atom stereocenters. The number of rotatable bonds is 4. The van der Waals surface area contributed by atoms with Crippen molar-refractivity contribution in [2.75, 3.05) is 32.9 Å². The molecule has 2 nitrogen and oxygen atoms in total. The molecule has 21 heavy (non-hydrogen) atoms. The lowest BCUT2D eigenvalue weighted by molar-refractivity contribution is 0.158. The zero-order valence-electron chi connectivity index (χ0n) is 12.1. The summed E-state index contributed by atoms with van der Waals surface area (Å²) in [4.78, 5) is 2.41. The van der Waals surface area contributed by atoms with Gasteiger partial charge in [0.25, 0.3) is 0 Å². The molecule has 3 rings (SSSR count). The van der Waals surface area contributed by atoms with Gasteiger partial charge in [0.15, 0.2) is 0 Å². The molecule has 1 saturated heterocycles. The molecule has 1 fully saturated rings. The fraction of sp³-hybridized carbons (Fsp3) is 0.412. The number of hydrogen-bond donors (Lipinski definition) is 1. The first-order chi connectivity index (χ1) is 9.90. The largest absolute Gasteiger partial charge is 0.314 e. The van der Waals surface area contributed by atoms with E-state index in [1.54, 1.807) is 0 Å². The molecule has 1 heterocycles. The summed E-state index contributed by atoms with van der Waals surface area (Å²) in [5.74, 6) is 0. The van der Waals surface area contributed by atoms with E-state index in [0.29, 0.717) is 6.42 Å². The van der Waals surface area contributed by atoms with Gasteiger partial charge in [0.1, 0.15) is 0 Å². The second kappa shape index (κ2) is 7.74. The Morgan fingerprint density at radius 2 is 1.76 bits per heavy atom. The highest BCUT2D eigenvalue weighted by Gasteiger charge is 2.23. The zero-order chi connectivity index (χ0) is 13.8. The minimum Gasteiger partial charge on any atom is -0.314 e. The molecule has 2 aromatic carbocycles. The summed E-state index contributed by atoms with van der Waals surface area (Å²) >= 11 is 0. The Balaban J connectivity index is 0.00000161. The second-order valence-electron chi connectivity index (χ2n) is 5.35. The molecule has 0 radical (unpaired) electrons. The lowest BCUT2D eigenvalue weighted by Crippen LogP contribution is -2.45. The van der Waals surface area contributed by atoms with Crippen LogP contribution in [0.1, 0.15) is 18.0 Å². The van der Waals surface area contributed by atoms with Crippen LogP contribution in [0.15, 0.2) is 42.5 Å². The number of alkyl halides is 1. The van der Waals surface area contributed by atoms with Crippen molar-refractivity contribution in [2.24, 2.45) is 0 Å². The summed E-state index contributed by atoms with van der Waals surface area (Å²) in [6, 6.07) is 15.0. The van der Waals surface area contributed by atoms with Gasteiger partial charge in [0.05, 0.1) is 6.67 Å². The highest BCUT2D eigenvalue weighted by molar-refractivity contribution is 5.86. The van der Waals surface area contributed by atoms with E-state index in [4.69, 9.17) is 0 Å². The SMILES string of the molecule is Cl.FCC[C@H](c1cccc2ccccc12)N1CCNCC1. The predicted octanol–water partition coefficient (Wildman–Crippen LogP) is 3.57. The third-order valence-corrected chi connectivity index (χ3v) is 4.16. The number of halogens is 2. The summed E-state index contributed by atoms with van der Waals surface area (Å²) in [5.41, 5.74) is 1.27. The van der Waals surface area contributed by atoms with Crippen LogP contribution in [0.5, 0.6) is 0 Å². The Morgan fingerprint density at radius 1 is 1.05 bits per heavy atom. The van der Waals surface area contributed by atoms with Gasteiger partial charge in [-0.3, -0.25) is 9.29 Å². The number of benzene rings is 2. The van der Waals surface area contributed by atoms with Gasteiger partial charge in [-0.25, -0.2) is 0 Å². The molecule has 2 aromatic rings. The third-order valence-electron chi connectivity index (χ3n) is 4.16. The average molecular weight is 309 g/mol. The maximum Gasteiger partial charge on any atom is 0.0912 e. The van der Waals surface area contributed by atoms with Crippen LogP contribution in [0.4, 0.5) is 4.39 Å². The van der Waals surface area contributed by atoms with Crippen LogP contribution < -0.4 is 5.32 Å². The first-order valence-electron chi connectivity index (χ1n) is 7.38. The van der Waals surface area contributed by atoms with Crippen molar-refractivity contribution < 1.29 is 4.39 Å². The maximum atomic E-state index is 13.0. The van der Waals surface area contributed by atoms with Crippen LogP contribution in [0.25, 0.3) is 10.8 Å². The summed E-state index contributed by atoms with van der Waals surface area (Å²) < 4.78 is 13.0. The van der Waals surface area contributed by atoms with Gasteiger partial charge < -0.3 is 5.32 Å². The first kappa shape index (κ1) is 16.2. The van der Waals surface area contributed by atoms with Gasteiger partial charge in [-0.15, -0.1) is 12.4 Å². The molecule has 0 aliphatic carbocycles. The van der Waals surface area contributed by atoms with Gasteiger partial charge in [-0.2, -0.15) is 0 Å². The molecule has 1 N–H and O–H groups in total. The van der Waals surface area contributed by atoms with Gasteiger partial charge in [-0.05, 0) is 22.8 Å². The van der Waals surface area contributed by atoms with Crippen LogP contribution in [0, 0.1) is 0 Å². The molecule has 0 saturated carbocycles. The third kappa shape index (κ3) is 3.54. The Kier molecular flexibility index (Phi) is 5.97. The number of fused-ring (bicyclic) bond motifs is 1. The average Bonchev–Trinajstić information content (AvgIpc) is 2.53. The van der Waals surface area contributed by atoms with Crippen LogP contribution in [0.3, 0.4) is 0 Å². The molecular formula is C17H22ClFN2. The molecule has 1 aliphatic heterocycles. The van der Waals surface area contributed by atoms with Crippen LogP contribution in [-0.4, -0.2) is 37.8 Å². The van der Waals surface area contributed by atoms with Crippen molar-refractivity contribution in [2.45, 2.75) is 12.5 Å². The predicted molar refractivity (Wildman–Crippen MR) is 89.0 cm³/mol. The van der Waals surface area contributed by atoms with Crippen molar-refractivity contribution in [1.82, 2.24) is 10.2 Å². The van der Waals surface area contributed by atoms with Crippen molar-refractivity contribution in [1.29, 1.82) is 0 Å². The molecule has 114 valence electrons. The highest BCUT2D eigenvalue weighted by Crippen LogP contribution is 2.31. The van der Waals surface area contributed by atoms with Gasteiger partial charge >= 0.3 is 0 Å². The van der Waals surface area contributed by atoms with E-state index >= 15 is 0 Å². The lowest BCUT2D eigenvalue weighted by atomic mass is 9.95. The van der Waals surface area contributed by atoms with Gasteiger partial charge in [-0.1, -0.05) is 42.5 Å². The smallest absolute Gasteiger partial charge is 0.0912 e. The molecule has 4 heteroatoms. The van der Waals surface area contributed by atoms with E-state index in [-0.39, 0.29) is 25.1 Å². The molecule has 0 amide bonds. The number of hydrogen-bond acceptors (Lipinski definition) is 2. The van der Waals surface area contributed by atoms with E-state index in [1.807, 2.05) is 0 Å². The minimum absolute atomic E-state index is 0. The highest BCUT2D eigenvalue weighted by atomic mass is 35.5. The van der Waals surface area contributed by atoms with E-state index in [2.05, 4.69) is 52.7 Å². The standard InChI is InChI=1S/C17H21FN2.ClH/c18-9-8-17(20-12-10-19-11-13-20)16-7-3-5-14-4-1-2-6-15(14)16;/h1-7,17,19H,8-13H2;1H/t17-;/m1./s1. The van der Waals surface area contributed by atoms with Gasteiger partial charge in [0.2, 0.25) is 0 Å². The van der Waals surface area contributed by atoms with Crippen molar-refractivity contribution in [3.05, 3.63) is 48.0 Å². The molecule has 1 aliphatic rings. The summed E-state index contributed by atoms with van der Waals surface area (Å²) in [7, 11) is 0. The number of nitrogens with zero attached hydrogens (tertiary/aromatic N) is 1. The van der Waals surface area contributed by atoms with E-state index < -0.39 is 0 Å². The molecule has 0 aromatic heterocycles. The molecule has 1 atom stereocenters. The maximum absolute atomic E-state index is 13.0. The fourth-order valence-electron chi connectivity index (χ4n) is 3.17. The van der Waals surface area contributed by atoms with Crippen molar-refractivity contribution in [3.8, 4) is 0 Å². The number of nitrogens with one attached hydrogen (secondary N) is 1. The second-order valence-corrected chi connectivity index (χ2v) is 5.35. The van der Waals surface area contributed by atoms with Crippen molar-refractivity contribution >= 4 is 23.2 Å². The first-order valence-corrected chi connectivity index (χ1v) is 7.38. The monoisotopic (exact) mass is 308 g/mol. The van der Waals surface area contributed by atoms with Crippen LogP contribution >= 0.6 is 12.4 Å². The van der Waals surface area contributed by atoms with E-state index in [0.717, 1.165) is 26.2 Å². The Morgan fingerprint density at radius 3 is 2.52 bits per heavy atom. The Bertz CT molecular complexity index is 564. The zero-order valence-corrected chi connectivity index (χ0v) is 12.9. The molecule has 0 bridgehead atoms. The number of piperazine rings is 1. The summed E-state index contributed by atoms with van der Waals surface area (Å²) in [6.07, 6.45) is 0.577. The van der Waals surface area contributed by atoms with Gasteiger partial charge in [0, 0.05) is 32.2 Å². The van der Waals surface area contributed by atoms with Crippen molar-refractivity contribution in [3.63, 3.8) is 0 Å². The molecular weight excluding hydrogens is 287 g/mol. The Hall–Kier alpha value is -1.16. The fourth-order valence-corrected chi connectivity index (χ4v) is 3.17. The molecule has 0 spiro atoms. The van der Waals surface area contributed by atoms with E-state index in [1.165, 1.54) is 16.3 Å². The normalized spacial score (nSPS) is 17.4. The van der Waals surface area contributed by atoms with Crippen LogP contribution in [0.2, 0.25) is 0 Å². The summed E-state index contributed by atoms with van der Waals surface area (Å²) in [5, 5.41) is 5.86. The lowest BCUT2D eigenvalue weighted by Gasteiger charge is -2.35. The van der Waals surface area contributed by atoms with Crippen LogP contribution in [-0.2, 0) is 0 Å². The Labute approximate surface area is 131 Å². The topological polar surface area (TPSA) is 15.3 Å². The minimum atomic E-state index is -0.266. The summed E-state index contributed by atoms with van der Waals surface area (Å²) in [6.45, 7) is 3.71. The quantitative estimate of drug-likeness (QED) is 0.929.